The number of hydrogen-bond donors (Lipinski definition) is 5. The molecule has 1 aliphatic carbocycles. The van der Waals surface area contributed by atoms with Crippen molar-refractivity contribution in [2.24, 2.45) is 0 Å². The van der Waals surface area contributed by atoms with Crippen molar-refractivity contribution in [3.63, 3.8) is 0 Å². The second-order valence-electron chi connectivity index (χ2n) is 12.0. The van der Waals surface area contributed by atoms with E-state index in [1.165, 1.54) is 72.6 Å². The molecule has 0 spiro atoms. The van der Waals surface area contributed by atoms with Crippen LogP contribution >= 0.6 is 11.8 Å². The molecule has 5 rings (SSSR count). The quantitative estimate of drug-likeness (QED) is 0.205. The van der Waals surface area contributed by atoms with Gasteiger partial charge in [-0.15, -0.1) is 11.8 Å². The van der Waals surface area contributed by atoms with Crippen molar-refractivity contribution in [3.05, 3.63) is 71.4 Å². The molecule has 2 aliphatic rings. The normalized spacial score (nSPS) is 20.8. The number of aromatic amines is 1. The third kappa shape index (κ3) is 7.82. The van der Waals surface area contributed by atoms with Crippen LogP contribution in [0.3, 0.4) is 0 Å². The van der Waals surface area contributed by atoms with Crippen LogP contribution in [0.1, 0.15) is 61.3 Å². The van der Waals surface area contributed by atoms with Crippen molar-refractivity contribution in [1.29, 1.82) is 0 Å². The van der Waals surface area contributed by atoms with E-state index < -0.39 is 36.4 Å². The lowest BCUT2D eigenvalue weighted by Crippen LogP contribution is -2.44. The van der Waals surface area contributed by atoms with E-state index in [9.17, 15) is 14.4 Å². The number of nitrogens with one attached hydrogen (secondary N) is 1. The van der Waals surface area contributed by atoms with Gasteiger partial charge in [0.25, 0.3) is 0 Å². The molecule has 2 fully saturated rings. The number of hydrogen-bond acceptors (Lipinski definition) is 7. The number of H-pyrrole nitrogens is 1. The van der Waals surface area contributed by atoms with Gasteiger partial charge in [0.1, 0.15) is 0 Å². The summed E-state index contributed by atoms with van der Waals surface area (Å²) in [6.07, 6.45) is 3.79. The number of benzene rings is 2. The molecule has 1 aliphatic heterocycles. The highest BCUT2D eigenvalue weighted by molar-refractivity contribution is 7.99. The van der Waals surface area contributed by atoms with Crippen molar-refractivity contribution in [2.75, 3.05) is 38.8 Å². The number of fused-ring (bicyclic) bond motifs is 1. The maximum atomic E-state index is 10.3. The second kappa shape index (κ2) is 14.6. The number of nitrogens with zero attached hydrogens (tertiary/aromatic N) is 2. The molecule has 11 heteroatoms. The predicted molar refractivity (Wildman–Crippen MR) is 171 cm³/mol. The lowest BCUT2D eigenvalue weighted by molar-refractivity contribution is -0.170. The molecule has 10 nitrogen and oxygen atoms in total. The van der Waals surface area contributed by atoms with Crippen LogP contribution in [0.4, 0.5) is 0 Å². The third-order valence-corrected chi connectivity index (χ3v) is 10.0. The first-order valence-corrected chi connectivity index (χ1v) is 16.1. The minimum atomic E-state index is -2.74. The van der Waals surface area contributed by atoms with Crippen molar-refractivity contribution in [3.8, 4) is 0 Å². The van der Waals surface area contributed by atoms with E-state index in [4.69, 9.17) is 20.4 Å². The minimum Gasteiger partial charge on any atom is -0.481 e. The molecule has 2 heterocycles. The molecule has 1 aromatic heterocycles. The fraction of sp³-hybridized carbons (Fsp3) is 0.485. The number of carboxylic acids is 3. The Morgan fingerprint density at radius 1 is 0.977 bits per heavy atom. The molecular weight excluding hydrogens is 582 g/mol. The van der Waals surface area contributed by atoms with Crippen LogP contribution in [0.5, 0.6) is 0 Å². The first-order chi connectivity index (χ1) is 20.9. The van der Waals surface area contributed by atoms with E-state index in [1.807, 2.05) is 0 Å². The Labute approximate surface area is 262 Å². The van der Waals surface area contributed by atoms with Crippen LogP contribution in [-0.4, -0.2) is 97.5 Å². The van der Waals surface area contributed by atoms with Gasteiger partial charge in [-0.25, -0.2) is 4.79 Å². The Morgan fingerprint density at radius 2 is 1.59 bits per heavy atom. The molecule has 2 aromatic carbocycles. The smallest absolute Gasteiger partial charge is 0.336 e. The Balaban J connectivity index is 0.000000289. The maximum absolute atomic E-state index is 10.3. The lowest BCUT2D eigenvalue weighted by atomic mass is 9.70. The zero-order chi connectivity index (χ0) is 31.9. The molecule has 44 heavy (non-hydrogen) atoms. The van der Waals surface area contributed by atoms with E-state index in [0.717, 1.165) is 6.42 Å². The number of para-hydroxylation sites is 1. The molecule has 1 saturated heterocycles. The summed E-state index contributed by atoms with van der Waals surface area (Å²) in [5.41, 5.74) is 3.31. The fourth-order valence-corrected chi connectivity index (χ4v) is 7.61. The van der Waals surface area contributed by atoms with Crippen LogP contribution in [-0.2, 0) is 26.3 Å². The maximum Gasteiger partial charge on any atom is 0.336 e. The predicted octanol–water partition coefficient (Wildman–Crippen LogP) is 4.58. The first kappa shape index (κ1) is 33.5. The van der Waals surface area contributed by atoms with E-state index in [0.29, 0.717) is 5.92 Å². The Kier molecular flexibility index (Phi) is 11.1. The largest absolute Gasteiger partial charge is 0.481 e. The van der Waals surface area contributed by atoms with Crippen LogP contribution < -0.4 is 0 Å². The molecule has 0 atom stereocenters. The van der Waals surface area contributed by atoms with Gasteiger partial charge in [0.05, 0.1) is 12.8 Å². The minimum absolute atomic E-state index is 0.163. The van der Waals surface area contributed by atoms with Gasteiger partial charge < -0.3 is 25.4 Å². The van der Waals surface area contributed by atoms with Crippen molar-refractivity contribution >= 4 is 40.6 Å². The molecule has 0 radical (unpaired) electrons. The molecule has 1 saturated carbocycles. The number of rotatable bonds is 11. The average molecular weight is 626 g/mol. The van der Waals surface area contributed by atoms with Gasteiger partial charge in [-0.3, -0.25) is 19.4 Å². The molecule has 3 aromatic rings. The number of aliphatic hydroxyl groups is 1. The molecule has 0 unspecified atom stereocenters. The summed E-state index contributed by atoms with van der Waals surface area (Å²) in [5.74, 6) is -1.90. The standard InChI is InChI=1S/C27H35N3S.C6H8O7/c1-29(2)27(22-8-4-3-5-9-22)15-12-21(13-16-27)26-24(14-17-30-18-19-31-20-30)23-10-6-7-11-25(23)28-26;7-3(8)1-6(13,5(11)12)2-4(9)10/h3-11,21,28H,12-20H2,1-2H3;13H,1-2H2,(H,7,8)(H,9,10)(H,11,12). The van der Waals surface area contributed by atoms with Crippen LogP contribution in [0.15, 0.2) is 54.6 Å². The summed E-state index contributed by atoms with van der Waals surface area (Å²) in [6, 6.07) is 20.1. The van der Waals surface area contributed by atoms with Gasteiger partial charge in [0, 0.05) is 46.9 Å². The summed E-state index contributed by atoms with van der Waals surface area (Å²) in [5, 5.41) is 35.3. The van der Waals surface area contributed by atoms with Crippen LogP contribution in [0.25, 0.3) is 10.9 Å². The molecule has 0 bridgehead atoms. The highest BCUT2D eigenvalue weighted by atomic mass is 32.2. The Hall–Kier alpha value is -3.38. The number of thioether (sulfide) groups is 1. The van der Waals surface area contributed by atoms with E-state index in [2.05, 4.69) is 95.2 Å². The topological polar surface area (TPSA) is 154 Å². The molecule has 5 N–H and O–H groups in total. The summed E-state index contributed by atoms with van der Waals surface area (Å²) >= 11 is 2.07. The van der Waals surface area contributed by atoms with Gasteiger partial charge in [0.15, 0.2) is 5.60 Å². The molecule has 238 valence electrons. The lowest BCUT2D eigenvalue weighted by Gasteiger charge is -2.45. The summed E-state index contributed by atoms with van der Waals surface area (Å²) < 4.78 is 0. The molecule has 0 amide bonds. The number of aromatic nitrogens is 1. The molecular formula is C33H43N3O7S. The SMILES string of the molecule is CN(C)C1(c2ccccc2)CCC(c2[nH]c3ccccc3c2CCN2CCSC2)CC1.O=C(O)CC(O)(CC(=O)O)C(=O)O. The van der Waals surface area contributed by atoms with Crippen molar-refractivity contribution in [2.45, 2.75) is 62.0 Å². The summed E-state index contributed by atoms with van der Waals surface area (Å²) in [6.45, 7) is 2.43. The van der Waals surface area contributed by atoms with Gasteiger partial charge in [-0.05, 0) is 69.3 Å². The highest BCUT2D eigenvalue weighted by Gasteiger charge is 2.41. The van der Waals surface area contributed by atoms with Gasteiger partial charge in [0.2, 0.25) is 0 Å². The van der Waals surface area contributed by atoms with Gasteiger partial charge in [-0.2, -0.15) is 0 Å². The number of carboxylic acid groups (broad SMARTS) is 3. The number of carbonyl (C=O) groups is 3. The van der Waals surface area contributed by atoms with E-state index in [-0.39, 0.29) is 5.54 Å². The Bertz CT molecular complexity index is 1410. The van der Waals surface area contributed by atoms with E-state index >= 15 is 0 Å². The highest BCUT2D eigenvalue weighted by Crippen LogP contribution is 2.47. The summed E-state index contributed by atoms with van der Waals surface area (Å²) in [4.78, 5) is 39.4. The Morgan fingerprint density at radius 3 is 2.14 bits per heavy atom. The summed E-state index contributed by atoms with van der Waals surface area (Å²) in [7, 11) is 4.52. The third-order valence-electron chi connectivity index (χ3n) is 9.02. The number of aliphatic carboxylic acids is 3. The monoisotopic (exact) mass is 625 g/mol. The van der Waals surface area contributed by atoms with Crippen LogP contribution in [0, 0.1) is 0 Å². The van der Waals surface area contributed by atoms with Crippen molar-refractivity contribution in [1.82, 2.24) is 14.8 Å². The van der Waals surface area contributed by atoms with Crippen molar-refractivity contribution < 1.29 is 34.8 Å². The van der Waals surface area contributed by atoms with Gasteiger partial charge in [-0.1, -0.05) is 48.5 Å². The van der Waals surface area contributed by atoms with Gasteiger partial charge >= 0.3 is 17.9 Å². The first-order valence-electron chi connectivity index (χ1n) is 15.0. The zero-order valence-electron chi connectivity index (χ0n) is 25.4. The van der Waals surface area contributed by atoms with E-state index in [1.54, 1.807) is 5.56 Å². The second-order valence-corrected chi connectivity index (χ2v) is 13.1. The zero-order valence-corrected chi connectivity index (χ0v) is 26.2. The average Bonchev–Trinajstić information content (AvgIpc) is 3.64. The van der Waals surface area contributed by atoms with Crippen LogP contribution in [0.2, 0.25) is 0 Å². The fourth-order valence-electron chi connectivity index (χ4n) is 6.58.